The van der Waals surface area contributed by atoms with E-state index >= 15 is 0 Å². The van der Waals surface area contributed by atoms with Gasteiger partial charge in [-0.15, -0.1) is 0 Å². The highest BCUT2D eigenvalue weighted by Gasteiger charge is 2.12. The lowest BCUT2D eigenvalue weighted by Crippen LogP contribution is -2.12. The van der Waals surface area contributed by atoms with Gasteiger partial charge in [0.1, 0.15) is 6.67 Å². The van der Waals surface area contributed by atoms with Crippen LogP contribution in [0.4, 0.5) is 4.39 Å². The van der Waals surface area contributed by atoms with Gasteiger partial charge in [-0.1, -0.05) is 30.7 Å². The monoisotopic (exact) mass is 210 g/mol. The average molecular weight is 210 g/mol. The van der Waals surface area contributed by atoms with Crippen LogP contribution in [-0.4, -0.2) is 11.1 Å². The van der Waals surface area contributed by atoms with E-state index in [0.717, 1.165) is 11.1 Å². The van der Waals surface area contributed by atoms with Crippen LogP contribution >= 0.6 is 0 Å². The van der Waals surface area contributed by atoms with E-state index in [-0.39, 0.29) is 0 Å². The number of aliphatic carboxylic acids is 1. The molecule has 0 saturated heterocycles. The summed E-state index contributed by atoms with van der Waals surface area (Å²) in [5.41, 5.74) is 2.47. The van der Waals surface area contributed by atoms with E-state index in [4.69, 9.17) is 5.11 Å². The number of carboxylic acids is 1. The van der Waals surface area contributed by atoms with Crippen molar-refractivity contribution < 1.29 is 14.3 Å². The Morgan fingerprint density at radius 2 is 2.00 bits per heavy atom. The molecule has 0 aromatic heterocycles. The van der Waals surface area contributed by atoms with Crippen molar-refractivity contribution in [3.05, 3.63) is 34.9 Å². The highest BCUT2D eigenvalue weighted by molar-refractivity contribution is 5.69. The van der Waals surface area contributed by atoms with Crippen molar-refractivity contribution in [1.82, 2.24) is 0 Å². The zero-order valence-corrected chi connectivity index (χ0v) is 8.96. The van der Waals surface area contributed by atoms with Gasteiger partial charge < -0.3 is 5.11 Å². The van der Waals surface area contributed by atoms with Gasteiger partial charge in [-0.25, -0.2) is 4.39 Å². The SMILES string of the molecule is Cc1cc(CF)cc(C[C@H](C)C(=O)O)c1. The summed E-state index contributed by atoms with van der Waals surface area (Å²) in [5.74, 6) is -1.25. The second-order valence-corrected chi connectivity index (χ2v) is 3.90. The van der Waals surface area contributed by atoms with Crippen LogP contribution in [0.3, 0.4) is 0 Å². The largest absolute Gasteiger partial charge is 0.481 e. The quantitative estimate of drug-likeness (QED) is 0.829. The Morgan fingerprint density at radius 3 is 2.53 bits per heavy atom. The molecule has 82 valence electrons. The predicted octanol–water partition coefficient (Wildman–Crippen LogP) is 2.73. The standard InChI is InChI=1S/C12H15FO2/c1-8-3-10(5-9(2)12(14)15)6-11(4-8)7-13/h3-4,6,9H,5,7H2,1-2H3,(H,14,15)/t9-/m0/s1. The van der Waals surface area contributed by atoms with Gasteiger partial charge in [-0.05, 0) is 24.5 Å². The fraction of sp³-hybridized carbons (Fsp3) is 0.417. The van der Waals surface area contributed by atoms with Gasteiger partial charge in [0.15, 0.2) is 0 Å². The van der Waals surface area contributed by atoms with Crippen molar-refractivity contribution in [2.24, 2.45) is 5.92 Å². The number of carbonyl (C=O) groups is 1. The molecule has 0 saturated carbocycles. The highest BCUT2D eigenvalue weighted by Crippen LogP contribution is 2.15. The smallest absolute Gasteiger partial charge is 0.306 e. The number of benzene rings is 1. The topological polar surface area (TPSA) is 37.3 Å². The van der Waals surface area contributed by atoms with Gasteiger partial charge in [0, 0.05) is 0 Å². The molecule has 0 unspecified atom stereocenters. The van der Waals surface area contributed by atoms with Crippen LogP contribution in [0, 0.1) is 12.8 Å². The van der Waals surface area contributed by atoms with Crippen molar-refractivity contribution in [1.29, 1.82) is 0 Å². The molecule has 1 aromatic carbocycles. The molecule has 2 nitrogen and oxygen atoms in total. The van der Waals surface area contributed by atoms with E-state index in [2.05, 4.69) is 0 Å². The second kappa shape index (κ2) is 4.91. The Bertz CT molecular complexity index is 361. The maximum atomic E-state index is 12.5. The summed E-state index contributed by atoms with van der Waals surface area (Å²) in [5, 5.41) is 8.77. The molecule has 1 rings (SSSR count). The van der Waals surface area contributed by atoms with Gasteiger partial charge >= 0.3 is 5.97 Å². The lowest BCUT2D eigenvalue weighted by molar-refractivity contribution is -0.141. The maximum absolute atomic E-state index is 12.5. The van der Waals surface area contributed by atoms with Crippen LogP contribution in [0.2, 0.25) is 0 Å². The summed E-state index contributed by atoms with van der Waals surface area (Å²) in [7, 11) is 0. The van der Waals surface area contributed by atoms with Crippen LogP contribution < -0.4 is 0 Å². The van der Waals surface area contributed by atoms with Crippen LogP contribution in [0.5, 0.6) is 0 Å². The molecule has 0 radical (unpaired) electrons. The molecule has 3 heteroatoms. The van der Waals surface area contributed by atoms with Gasteiger partial charge in [-0.2, -0.15) is 0 Å². The first kappa shape index (κ1) is 11.7. The Morgan fingerprint density at radius 1 is 1.40 bits per heavy atom. The fourth-order valence-corrected chi connectivity index (χ4v) is 1.58. The number of halogens is 1. The highest BCUT2D eigenvalue weighted by atomic mass is 19.1. The fourth-order valence-electron chi connectivity index (χ4n) is 1.58. The minimum atomic E-state index is -0.821. The minimum Gasteiger partial charge on any atom is -0.481 e. The van der Waals surface area contributed by atoms with Crippen molar-refractivity contribution in [3.63, 3.8) is 0 Å². The molecule has 0 aliphatic rings. The minimum absolute atomic E-state index is 0.431. The molecule has 0 fully saturated rings. The Labute approximate surface area is 88.7 Å². The number of hydrogen-bond acceptors (Lipinski definition) is 1. The van der Waals surface area contributed by atoms with E-state index in [1.807, 2.05) is 13.0 Å². The molecule has 0 spiro atoms. The number of aryl methyl sites for hydroxylation is 1. The third-order valence-electron chi connectivity index (χ3n) is 2.31. The van der Waals surface area contributed by atoms with Gasteiger partial charge in [0.05, 0.1) is 5.92 Å². The zero-order valence-electron chi connectivity index (χ0n) is 8.96. The van der Waals surface area contributed by atoms with Crippen LogP contribution in [0.15, 0.2) is 18.2 Å². The van der Waals surface area contributed by atoms with E-state index in [0.29, 0.717) is 12.0 Å². The first-order valence-electron chi connectivity index (χ1n) is 4.91. The van der Waals surface area contributed by atoms with Crippen molar-refractivity contribution in [2.45, 2.75) is 26.9 Å². The van der Waals surface area contributed by atoms with Crippen molar-refractivity contribution in [2.75, 3.05) is 0 Å². The second-order valence-electron chi connectivity index (χ2n) is 3.90. The van der Waals surface area contributed by atoms with Gasteiger partial charge in [-0.3, -0.25) is 4.79 Å². The third kappa shape index (κ3) is 3.35. The zero-order chi connectivity index (χ0) is 11.4. The molecule has 1 atom stereocenters. The first-order valence-corrected chi connectivity index (χ1v) is 4.91. The summed E-state index contributed by atoms with van der Waals surface area (Å²) in [4.78, 5) is 10.7. The van der Waals surface area contributed by atoms with E-state index < -0.39 is 18.6 Å². The molecule has 0 aliphatic heterocycles. The molecule has 0 bridgehead atoms. The lowest BCUT2D eigenvalue weighted by Gasteiger charge is -2.08. The molecule has 0 heterocycles. The Balaban J connectivity index is 2.85. The van der Waals surface area contributed by atoms with Crippen molar-refractivity contribution in [3.8, 4) is 0 Å². The molecular weight excluding hydrogens is 195 g/mol. The molecule has 0 aliphatic carbocycles. The van der Waals surface area contributed by atoms with Gasteiger partial charge in [0.25, 0.3) is 0 Å². The van der Waals surface area contributed by atoms with Crippen LogP contribution in [-0.2, 0) is 17.9 Å². The van der Waals surface area contributed by atoms with Gasteiger partial charge in [0.2, 0.25) is 0 Å². The molecule has 0 amide bonds. The summed E-state index contributed by atoms with van der Waals surface area (Å²) in [6.07, 6.45) is 0.448. The summed E-state index contributed by atoms with van der Waals surface area (Å²) in [6.45, 7) is 3.03. The molecule has 1 aromatic rings. The Kier molecular flexibility index (Phi) is 3.83. The summed E-state index contributed by atoms with van der Waals surface area (Å²) in [6, 6.07) is 5.40. The van der Waals surface area contributed by atoms with Crippen molar-refractivity contribution >= 4 is 5.97 Å². The molecule has 1 N–H and O–H groups in total. The number of hydrogen-bond donors (Lipinski definition) is 1. The van der Waals surface area contributed by atoms with E-state index in [9.17, 15) is 9.18 Å². The number of alkyl halides is 1. The lowest BCUT2D eigenvalue weighted by atomic mass is 9.98. The third-order valence-corrected chi connectivity index (χ3v) is 2.31. The average Bonchev–Trinajstić information content (AvgIpc) is 2.16. The summed E-state index contributed by atoms with van der Waals surface area (Å²) < 4.78 is 12.5. The van der Waals surface area contributed by atoms with E-state index in [1.165, 1.54) is 0 Å². The molecule has 15 heavy (non-hydrogen) atoms. The van der Waals surface area contributed by atoms with E-state index in [1.54, 1.807) is 19.1 Å². The number of rotatable bonds is 4. The number of carboxylic acid groups (broad SMARTS) is 1. The predicted molar refractivity (Wildman–Crippen MR) is 56.5 cm³/mol. The molecular formula is C12H15FO2. The Hall–Kier alpha value is -1.38. The van der Waals surface area contributed by atoms with Crippen LogP contribution in [0.25, 0.3) is 0 Å². The first-order chi connectivity index (χ1) is 7.02. The normalized spacial score (nSPS) is 12.5. The maximum Gasteiger partial charge on any atom is 0.306 e. The summed E-state index contributed by atoms with van der Waals surface area (Å²) >= 11 is 0. The van der Waals surface area contributed by atoms with Crippen LogP contribution in [0.1, 0.15) is 23.6 Å².